The van der Waals surface area contributed by atoms with E-state index >= 15 is 0 Å². The predicted octanol–water partition coefficient (Wildman–Crippen LogP) is 3.79. The molecule has 0 saturated carbocycles. The van der Waals surface area contributed by atoms with Crippen LogP contribution >= 0.6 is 11.3 Å². The third-order valence-electron chi connectivity index (χ3n) is 4.41. The van der Waals surface area contributed by atoms with E-state index in [4.69, 9.17) is 10.7 Å². The van der Waals surface area contributed by atoms with E-state index in [1.165, 1.54) is 21.2 Å². The number of thiophene rings is 1. The van der Waals surface area contributed by atoms with Gasteiger partial charge >= 0.3 is 0 Å². The molecule has 1 aromatic heterocycles. The summed E-state index contributed by atoms with van der Waals surface area (Å²) in [5, 5.41) is 1.26. The fourth-order valence-electron chi connectivity index (χ4n) is 3.19. The second kappa shape index (κ2) is 5.36. The lowest BCUT2D eigenvalue weighted by molar-refractivity contribution is 0.984. The van der Waals surface area contributed by atoms with E-state index in [9.17, 15) is 0 Å². The summed E-state index contributed by atoms with van der Waals surface area (Å²) < 4.78 is 1.07. The summed E-state index contributed by atoms with van der Waals surface area (Å²) in [5.41, 5.74) is 12.2. The van der Waals surface area contributed by atoms with Crippen LogP contribution in [-0.2, 0) is 6.42 Å². The van der Waals surface area contributed by atoms with Crippen molar-refractivity contribution in [3.63, 3.8) is 0 Å². The highest BCUT2D eigenvalue weighted by atomic mass is 32.1. The molecule has 0 fully saturated rings. The largest absolute Gasteiger partial charge is 0.399 e. The predicted molar refractivity (Wildman–Crippen MR) is 99.9 cm³/mol. The number of nitrogens with zero attached hydrogens (tertiary/aromatic N) is 1. The third-order valence-corrected chi connectivity index (χ3v) is 5.52. The number of hydrogen-bond donors (Lipinski definition) is 1. The first kappa shape index (κ1) is 14.2. The lowest BCUT2D eigenvalue weighted by Gasteiger charge is -2.12. The minimum absolute atomic E-state index is 0.561. The molecule has 2 nitrogen and oxygen atoms in total. The zero-order chi connectivity index (χ0) is 16.0. The van der Waals surface area contributed by atoms with Gasteiger partial charge in [-0.25, -0.2) is 4.99 Å². The van der Waals surface area contributed by atoms with E-state index in [1.807, 2.05) is 12.1 Å². The van der Waals surface area contributed by atoms with Gasteiger partial charge in [0, 0.05) is 26.9 Å². The Labute approximate surface area is 139 Å². The lowest BCUT2D eigenvalue weighted by Crippen LogP contribution is -2.23. The molecule has 1 aliphatic heterocycles. The van der Waals surface area contributed by atoms with Gasteiger partial charge in [-0.15, -0.1) is 11.3 Å². The highest BCUT2D eigenvalue weighted by Crippen LogP contribution is 2.33. The van der Waals surface area contributed by atoms with Gasteiger partial charge in [-0.05, 0) is 37.0 Å². The van der Waals surface area contributed by atoms with E-state index in [-0.39, 0.29) is 0 Å². The van der Waals surface area contributed by atoms with E-state index in [2.05, 4.69) is 43.9 Å². The maximum Gasteiger partial charge on any atom is 0.124 e. The molecule has 3 heteroatoms. The molecule has 1 aromatic carbocycles. The lowest BCUT2D eigenvalue weighted by atomic mass is 9.98. The maximum absolute atomic E-state index is 6.00. The molecule has 0 atom stereocenters. The Kier molecular flexibility index (Phi) is 3.31. The molecule has 2 N–H and O–H groups in total. The molecule has 0 amide bonds. The standard InChI is InChI=1S/C20H18N2S/c1-12-10-11-17-16-6-3-4-9-18(16)23-20(17)22-19-14(12)7-5-8-15(19)13(2)21/h4-5,7-11H,2-3,6,21H2,1H3. The van der Waals surface area contributed by atoms with Crippen molar-refractivity contribution in [2.24, 2.45) is 10.7 Å². The summed E-state index contributed by atoms with van der Waals surface area (Å²) in [6.45, 7) is 6.04. The van der Waals surface area contributed by atoms with Crippen LogP contribution in [0.1, 0.15) is 34.9 Å². The van der Waals surface area contributed by atoms with Crippen LogP contribution in [0.15, 0.2) is 41.9 Å². The number of para-hydroxylation sites is 1. The van der Waals surface area contributed by atoms with Crippen molar-refractivity contribution >= 4 is 40.4 Å². The Morgan fingerprint density at radius 1 is 1.30 bits per heavy atom. The molecule has 0 saturated heterocycles. The first-order chi connectivity index (χ1) is 11.1. The molecule has 23 heavy (non-hydrogen) atoms. The van der Waals surface area contributed by atoms with Crippen molar-refractivity contribution < 1.29 is 0 Å². The van der Waals surface area contributed by atoms with Crippen LogP contribution in [0.4, 0.5) is 5.69 Å². The summed E-state index contributed by atoms with van der Waals surface area (Å²) in [4.78, 5) is 6.34. The summed E-state index contributed by atoms with van der Waals surface area (Å²) in [5.74, 6) is 0. The van der Waals surface area contributed by atoms with Crippen molar-refractivity contribution in [1.29, 1.82) is 0 Å². The molecular formula is C20H18N2S. The number of fused-ring (bicyclic) bond motifs is 4. The van der Waals surface area contributed by atoms with Crippen LogP contribution in [0.25, 0.3) is 23.4 Å². The van der Waals surface area contributed by atoms with Gasteiger partial charge in [0.25, 0.3) is 0 Å². The minimum atomic E-state index is 0.561. The van der Waals surface area contributed by atoms with Crippen molar-refractivity contribution in [2.45, 2.75) is 19.8 Å². The Morgan fingerprint density at radius 3 is 3.00 bits per heavy atom. The molecule has 0 unspecified atom stereocenters. The third kappa shape index (κ3) is 2.28. The monoisotopic (exact) mass is 318 g/mol. The summed E-state index contributed by atoms with van der Waals surface area (Å²) in [6, 6.07) is 6.11. The van der Waals surface area contributed by atoms with Gasteiger partial charge in [0.15, 0.2) is 0 Å². The van der Waals surface area contributed by atoms with Crippen LogP contribution in [0.3, 0.4) is 0 Å². The number of hydrogen-bond acceptors (Lipinski definition) is 3. The number of nitrogens with two attached hydrogens (primary N) is 1. The van der Waals surface area contributed by atoms with Crippen LogP contribution < -0.4 is 15.6 Å². The van der Waals surface area contributed by atoms with Crippen LogP contribution in [0.5, 0.6) is 0 Å². The van der Waals surface area contributed by atoms with Crippen molar-refractivity contribution in [3.8, 4) is 0 Å². The smallest absolute Gasteiger partial charge is 0.124 e. The zero-order valence-electron chi connectivity index (χ0n) is 13.1. The van der Waals surface area contributed by atoms with Crippen LogP contribution in [-0.4, -0.2) is 0 Å². The van der Waals surface area contributed by atoms with Gasteiger partial charge in [0.1, 0.15) is 4.67 Å². The first-order valence-corrected chi connectivity index (χ1v) is 8.60. The fraction of sp³-hybridized carbons (Fsp3) is 0.150. The molecule has 0 bridgehead atoms. The van der Waals surface area contributed by atoms with E-state index in [0.717, 1.165) is 34.3 Å². The first-order valence-electron chi connectivity index (χ1n) is 7.79. The molecule has 2 aromatic rings. The Morgan fingerprint density at radius 2 is 2.17 bits per heavy atom. The summed E-state index contributed by atoms with van der Waals surface area (Å²) in [7, 11) is 0. The maximum atomic E-state index is 6.00. The summed E-state index contributed by atoms with van der Waals surface area (Å²) >= 11 is 1.76. The quantitative estimate of drug-likeness (QED) is 0.853. The Bertz CT molecular complexity index is 1000. The average molecular weight is 318 g/mol. The van der Waals surface area contributed by atoms with Gasteiger partial charge < -0.3 is 5.73 Å². The molecule has 0 radical (unpaired) electrons. The average Bonchev–Trinajstić information content (AvgIpc) is 2.88. The molecule has 2 aliphatic rings. The van der Waals surface area contributed by atoms with E-state index in [0.29, 0.717) is 5.70 Å². The van der Waals surface area contributed by atoms with Crippen LogP contribution in [0.2, 0.25) is 0 Å². The molecule has 0 spiro atoms. The van der Waals surface area contributed by atoms with Gasteiger partial charge in [-0.1, -0.05) is 43.0 Å². The highest BCUT2D eigenvalue weighted by molar-refractivity contribution is 7.10. The van der Waals surface area contributed by atoms with Crippen LogP contribution in [0, 0.1) is 0 Å². The molecule has 1 aliphatic carbocycles. The van der Waals surface area contributed by atoms with Gasteiger partial charge in [0.2, 0.25) is 0 Å². The van der Waals surface area contributed by atoms with Crippen molar-refractivity contribution in [1.82, 2.24) is 0 Å². The fourth-order valence-corrected chi connectivity index (χ4v) is 4.33. The highest BCUT2D eigenvalue weighted by Gasteiger charge is 2.15. The second-order valence-corrected chi connectivity index (χ2v) is 6.99. The van der Waals surface area contributed by atoms with E-state index in [1.54, 1.807) is 11.3 Å². The van der Waals surface area contributed by atoms with E-state index < -0.39 is 0 Å². The topological polar surface area (TPSA) is 38.4 Å². The zero-order valence-corrected chi connectivity index (χ0v) is 13.9. The second-order valence-electron chi connectivity index (χ2n) is 5.96. The van der Waals surface area contributed by atoms with Crippen molar-refractivity contribution in [3.05, 3.63) is 68.4 Å². The van der Waals surface area contributed by atoms with Gasteiger partial charge in [-0.3, -0.25) is 0 Å². The Hall–Kier alpha value is -2.39. The van der Waals surface area contributed by atoms with Gasteiger partial charge in [0.05, 0.1) is 5.69 Å². The summed E-state index contributed by atoms with van der Waals surface area (Å²) in [6.07, 6.45) is 11.1. The molecular weight excluding hydrogens is 300 g/mol. The molecule has 114 valence electrons. The number of allylic oxidation sites excluding steroid dienone is 3. The van der Waals surface area contributed by atoms with Crippen molar-refractivity contribution in [2.75, 3.05) is 0 Å². The number of rotatable bonds is 1. The molecule has 2 heterocycles. The normalized spacial score (nSPS) is 15.1. The SMILES string of the molecule is C=C(N)c1cccc2c1N=c1sc3c(c1=CC=C2C)CCC=C3. The van der Waals surface area contributed by atoms with Gasteiger partial charge in [-0.2, -0.15) is 0 Å². The number of benzene rings is 1. The molecule has 4 rings (SSSR count). The minimum Gasteiger partial charge on any atom is -0.399 e. The Balaban J connectivity index is 2.12.